The summed E-state index contributed by atoms with van der Waals surface area (Å²) < 4.78 is 80.3. The van der Waals surface area contributed by atoms with Gasteiger partial charge in [0.1, 0.15) is 26.4 Å². The summed E-state index contributed by atoms with van der Waals surface area (Å²) in [7, 11) is 2.41. The first kappa shape index (κ1) is 55.8. The molecule has 0 unspecified atom stereocenters. The summed E-state index contributed by atoms with van der Waals surface area (Å²) in [6, 6.07) is 16.2. The summed E-state index contributed by atoms with van der Waals surface area (Å²) in [5.41, 5.74) is 1.59. The van der Waals surface area contributed by atoms with Crippen LogP contribution in [0.1, 0.15) is 47.0 Å². The number of hydrogen-bond donors (Lipinski definition) is 0. The van der Waals surface area contributed by atoms with Gasteiger partial charge < -0.3 is 66.3 Å². The Morgan fingerprint density at radius 1 is 0.431 bits per heavy atom. The van der Waals surface area contributed by atoms with Crippen molar-refractivity contribution in [2.24, 2.45) is 0 Å². The lowest BCUT2D eigenvalue weighted by Crippen LogP contribution is -2.40. The van der Waals surface area contributed by atoms with Crippen molar-refractivity contribution in [3.8, 4) is 23.0 Å². The van der Waals surface area contributed by atoms with Gasteiger partial charge in [0.25, 0.3) is 11.8 Å². The van der Waals surface area contributed by atoms with Gasteiger partial charge in [-0.25, -0.2) is 9.59 Å². The Morgan fingerprint density at radius 2 is 0.764 bits per heavy atom. The van der Waals surface area contributed by atoms with Crippen molar-refractivity contribution < 1.29 is 85.5 Å². The third-order valence-corrected chi connectivity index (χ3v) is 11.5. The van der Waals surface area contributed by atoms with Gasteiger partial charge in [-0.1, -0.05) is 30.3 Å². The van der Waals surface area contributed by atoms with Gasteiger partial charge in [-0.2, -0.15) is 0 Å². The molecule has 0 spiro atoms. The number of methoxy groups -OCH3 is 2. The van der Waals surface area contributed by atoms with Crippen LogP contribution in [0.15, 0.2) is 54.6 Å². The maximum atomic E-state index is 13.9. The molecule has 3 aromatic carbocycles. The van der Waals surface area contributed by atoms with Crippen LogP contribution in [0.4, 0.5) is 0 Å². The Bertz CT molecular complexity index is 2010. The number of fused-ring (bicyclic) bond motifs is 3. The molecule has 0 saturated carbocycles. The standard InChI is InChI=1S/C51H69N3O18/c1-59-50(57)42-36-46-47(37-43(42)51(58)60-2)72-33-29-66-23-19-62-15-11-52(10-14-61-18-22-65-28-32-71-46)8-9-54-48(55)40-34-44-45(35-41(40)49(54)56)70-31-27-68-25-21-64-17-13-53(38-39-6-4-3-5-7-39)12-16-63-20-24-67-26-30-69-44/h3-7,34-37H,8-33,38H2,1-2H3. The lowest BCUT2D eigenvalue weighted by molar-refractivity contribution is 0.0171. The van der Waals surface area contributed by atoms with E-state index in [1.54, 1.807) is 12.1 Å². The number of esters is 2. The molecule has 3 aliphatic rings. The molecule has 0 saturated heterocycles. The minimum absolute atomic E-state index is 0.0418. The summed E-state index contributed by atoms with van der Waals surface area (Å²) >= 11 is 0. The Morgan fingerprint density at radius 3 is 1.14 bits per heavy atom. The Kier molecular flexibility index (Phi) is 24.7. The van der Waals surface area contributed by atoms with Crippen molar-refractivity contribution in [1.82, 2.24) is 14.7 Å². The van der Waals surface area contributed by atoms with E-state index in [9.17, 15) is 19.2 Å². The van der Waals surface area contributed by atoms with E-state index >= 15 is 0 Å². The summed E-state index contributed by atoms with van der Waals surface area (Å²) in [5, 5.41) is 0. The number of nitrogens with zero attached hydrogens (tertiary/aromatic N) is 3. The second kappa shape index (κ2) is 31.9. The second-order valence-corrected chi connectivity index (χ2v) is 16.3. The van der Waals surface area contributed by atoms with Gasteiger partial charge in [-0.3, -0.25) is 24.3 Å². The van der Waals surface area contributed by atoms with E-state index in [0.29, 0.717) is 97.2 Å². The molecule has 0 aromatic heterocycles. The van der Waals surface area contributed by atoms with Gasteiger partial charge in [0.05, 0.1) is 142 Å². The maximum absolute atomic E-state index is 13.9. The summed E-state index contributed by atoms with van der Waals surface area (Å²) in [4.78, 5) is 58.4. The fourth-order valence-corrected chi connectivity index (χ4v) is 7.66. The molecule has 0 fully saturated rings. The highest BCUT2D eigenvalue weighted by molar-refractivity contribution is 6.21. The summed E-state index contributed by atoms with van der Waals surface area (Å²) in [5.74, 6) is -1.31. The average molecular weight is 1010 g/mol. The smallest absolute Gasteiger partial charge is 0.338 e. The highest BCUT2D eigenvalue weighted by Gasteiger charge is 2.37. The molecule has 396 valence electrons. The molecule has 0 atom stereocenters. The number of amides is 2. The second-order valence-electron chi connectivity index (χ2n) is 16.3. The fourth-order valence-electron chi connectivity index (χ4n) is 7.66. The van der Waals surface area contributed by atoms with E-state index in [-0.39, 0.29) is 106 Å². The van der Waals surface area contributed by atoms with Crippen LogP contribution in [0, 0.1) is 0 Å². The molecule has 72 heavy (non-hydrogen) atoms. The Labute approximate surface area is 420 Å². The third kappa shape index (κ3) is 18.2. The van der Waals surface area contributed by atoms with Gasteiger partial charge in [-0.05, 0) is 29.8 Å². The lowest BCUT2D eigenvalue weighted by atomic mass is 10.1. The number of hydrogen-bond acceptors (Lipinski definition) is 20. The molecule has 3 aromatic rings. The summed E-state index contributed by atoms with van der Waals surface area (Å²) in [6.45, 7) is 9.70. The van der Waals surface area contributed by atoms with Crippen LogP contribution in [-0.4, -0.2) is 224 Å². The predicted octanol–water partition coefficient (Wildman–Crippen LogP) is 3.04. The topological polar surface area (TPSA) is 207 Å². The van der Waals surface area contributed by atoms with Crippen molar-refractivity contribution in [3.05, 3.63) is 82.4 Å². The zero-order chi connectivity index (χ0) is 50.6. The van der Waals surface area contributed by atoms with Crippen LogP contribution in [0.3, 0.4) is 0 Å². The molecule has 21 nitrogen and oxygen atoms in total. The summed E-state index contributed by atoms with van der Waals surface area (Å²) in [6.07, 6.45) is 0. The van der Waals surface area contributed by atoms with E-state index < -0.39 is 23.8 Å². The van der Waals surface area contributed by atoms with Crippen LogP contribution in [0.5, 0.6) is 23.0 Å². The number of ether oxygens (including phenoxy) is 14. The third-order valence-electron chi connectivity index (χ3n) is 11.5. The zero-order valence-electron chi connectivity index (χ0n) is 41.5. The molecular weight excluding hydrogens is 943 g/mol. The van der Waals surface area contributed by atoms with Crippen LogP contribution < -0.4 is 18.9 Å². The number of imide groups is 1. The van der Waals surface area contributed by atoms with Crippen molar-refractivity contribution in [1.29, 1.82) is 0 Å². The van der Waals surface area contributed by atoms with Gasteiger partial charge in [0.15, 0.2) is 23.0 Å². The molecule has 3 heterocycles. The monoisotopic (exact) mass is 1010 g/mol. The minimum atomic E-state index is -0.744. The average Bonchev–Trinajstić information content (AvgIpc) is 3.62. The Balaban J connectivity index is 0.993. The first-order chi connectivity index (χ1) is 35.4. The Hall–Kier alpha value is -5.46. The maximum Gasteiger partial charge on any atom is 0.338 e. The van der Waals surface area contributed by atoms with Crippen LogP contribution in [0.2, 0.25) is 0 Å². The van der Waals surface area contributed by atoms with E-state index in [0.717, 1.165) is 19.6 Å². The van der Waals surface area contributed by atoms with Gasteiger partial charge in [-0.15, -0.1) is 0 Å². The minimum Gasteiger partial charge on any atom is -0.487 e. The van der Waals surface area contributed by atoms with E-state index in [1.165, 1.54) is 36.8 Å². The van der Waals surface area contributed by atoms with Crippen LogP contribution in [0.25, 0.3) is 0 Å². The molecule has 3 aliphatic heterocycles. The zero-order valence-corrected chi connectivity index (χ0v) is 41.5. The molecule has 6 rings (SSSR count). The first-order valence-electron chi connectivity index (χ1n) is 24.4. The van der Waals surface area contributed by atoms with Gasteiger partial charge in [0, 0.05) is 45.8 Å². The molecule has 0 aliphatic carbocycles. The van der Waals surface area contributed by atoms with Crippen molar-refractivity contribution >= 4 is 23.8 Å². The number of benzene rings is 3. The normalized spacial score (nSPS) is 19.2. The van der Waals surface area contributed by atoms with E-state index in [2.05, 4.69) is 21.9 Å². The number of carbonyl (C=O) groups is 4. The SMILES string of the molecule is COC(=O)c1cc2c(cc1C(=O)OC)OCCOCCOCCN(CCN1C(=O)c3cc4c(cc3C1=O)OCCOCCOCCN(Cc1ccccc1)CCOCCOCCO4)CCOCCOCCO2. The molecule has 0 radical (unpaired) electrons. The van der Waals surface area contributed by atoms with Gasteiger partial charge >= 0.3 is 11.9 Å². The van der Waals surface area contributed by atoms with Crippen LogP contribution in [-0.2, 0) is 53.9 Å². The first-order valence-corrected chi connectivity index (χ1v) is 24.4. The molecule has 0 N–H and O–H groups in total. The number of rotatable bonds is 7. The van der Waals surface area contributed by atoms with Crippen molar-refractivity contribution in [2.75, 3.05) is 186 Å². The quantitative estimate of drug-likeness (QED) is 0.246. The predicted molar refractivity (Wildman–Crippen MR) is 258 cm³/mol. The molecule has 0 bridgehead atoms. The lowest BCUT2D eigenvalue weighted by Gasteiger charge is -2.24. The highest BCUT2D eigenvalue weighted by atomic mass is 16.6. The van der Waals surface area contributed by atoms with E-state index in [1.807, 2.05) is 18.2 Å². The fraction of sp³-hybridized carbons (Fsp3) is 0.569. The van der Waals surface area contributed by atoms with E-state index in [4.69, 9.17) is 66.3 Å². The molecular formula is C51H69N3O18. The van der Waals surface area contributed by atoms with Crippen molar-refractivity contribution in [2.45, 2.75) is 6.54 Å². The largest absolute Gasteiger partial charge is 0.487 e. The highest BCUT2D eigenvalue weighted by Crippen LogP contribution is 2.36. The van der Waals surface area contributed by atoms with Gasteiger partial charge in [0.2, 0.25) is 0 Å². The molecule has 2 amide bonds. The molecule has 21 heteroatoms. The van der Waals surface area contributed by atoms with Crippen molar-refractivity contribution in [3.63, 3.8) is 0 Å². The van der Waals surface area contributed by atoms with Crippen LogP contribution >= 0.6 is 0 Å². The number of carbonyl (C=O) groups excluding carboxylic acids is 4.